The predicted octanol–water partition coefficient (Wildman–Crippen LogP) is 7.91. The zero-order chi connectivity index (χ0) is 39.0. The summed E-state index contributed by atoms with van der Waals surface area (Å²) in [6.07, 6.45) is 5.15. The lowest BCUT2D eigenvalue weighted by Gasteiger charge is -2.62. The van der Waals surface area contributed by atoms with Crippen LogP contribution < -0.4 is 15.0 Å². The number of ether oxygens (including phenoxy) is 1. The van der Waals surface area contributed by atoms with Crippen molar-refractivity contribution in [2.24, 2.45) is 46.3 Å². The van der Waals surface area contributed by atoms with Crippen LogP contribution in [-0.2, 0) is 22.6 Å². The zero-order valence-electron chi connectivity index (χ0n) is 35.3. The molecule has 4 fully saturated rings. The maximum Gasteiger partial charge on any atom is 0.240 e. The van der Waals surface area contributed by atoms with Gasteiger partial charge in [-0.2, -0.15) is 5.06 Å². The summed E-state index contributed by atoms with van der Waals surface area (Å²) in [6.45, 7) is 19.7. The topological polar surface area (TPSA) is 77.5 Å². The monoisotopic (exact) mass is 733 g/mol. The normalized spacial score (nSPS) is 27.5. The van der Waals surface area contributed by atoms with Crippen molar-refractivity contribution in [3.8, 4) is 16.9 Å². The van der Waals surface area contributed by atoms with Crippen molar-refractivity contribution in [2.75, 3.05) is 53.4 Å². The van der Waals surface area contributed by atoms with Crippen molar-refractivity contribution in [2.45, 2.75) is 112 Å². The van der Waals surface area contributed by atoms with E-state index in [1.165, 1.54) is 18.4 Å². The average molecular weight is 733 g/mol. The first-order valence-electron chi connectivity index (χ1n) is 20.3. The molecule has 2 aromatic rings. The van der Waals surface area contributed by atoms with E-state index in [0.29, 0.717) is 35.6 Å². The highest BCUT2D eigenvalue weighted by molar-refractivity contribution is 5.83. The molecule has 3 aliphatic carbocycles. The molecule has 1 aliphatic heterocycles. The number of carbonyl (C=O) groups excluding carboxylic acids is 1. The summed E-state index contributed by atoms with van der Waals surface area (Å²) in [6, 6.07) is 12.8. The van der Waals surface area contributed by atoms with E-state index in [4.69, 9.17) is 9.57 Å². The van der Waals surface area contributed by atoms with E-state index < -0.39 is 12.1 Å². The highest BCUT2D eigenvalue weighted by Crippen LogP contribution is 2.61. The van der Waals surface area contributed by atoms with Gasteiger partial charge in [0.05, 0.1) is 20.3 Å². The fourth-order valence-electron chi connectivity index (χ4n) is 10.3. The van der Waals surface area contributed by atoms with Crippen LogP contribution in [0.25, 0.3) is 11.1 Å². The Morgan fingerprint density at radius 1 is 1.11 bits per heavy atom. The van der Waals surface area contributed by atoms with Crippen LogP contribution in [0.3, 0.4) is 0 Å². The maximum absolute atomic E-state index is 14.4. The molecule has 1 saturated heterocycles. The minimum absolute atomic E-state index is 0.00749. The number of methoxy groups -OCH3 is 1. The van der Waals surface area contributed by atoms with Gasteiger partial charge in [-0.05, 0) is 110 Å². The van der Waals surface area contributed by atoms with Crippen molar-refractivity contribution in [1.82, 2.24) is 15.3 Å². The molecule has 3 saturated carbocycles. The average Bonchev–Trinajstić information content (AvgIpc) is 3.45. The predicted molar refractivity (Wildman–Crippen MR) is 218 cm³/mol. The number of amides is 1. The lowest BCUT2D eigenvalue weighted by Crippen LogP contribution is -2.62. The van der Waals surface area contributed by atoms with Crippen molar-refractivity contribution in [3.05, 3.63) is 47.5 Å². The standard InChI is InChI=1S/C45H72N4O4/c1-28(2)40-39(27-50)53-49(41(40)43(51)46-38-23-34-22-37(29(38)3)45(34,7)8)26-32-15-14-16-36(42(32)52-13)33-19-30(20-35(21-33)48(11)12)17-18-31(25-47(9)10)24-44(4,5)6/h14-16,19-21,28-29,31,34,37-41,50H,17-18,22-27H2,1-13H3,(H,46,51)/t29-,31-,34+,37-,38-,39-,40-,41-/m0/s1. The van der Waals surface area contributed by atoms with E-state index >= 15 is 0 Å². The first-order valence-corrected chi connectivity index (χ1v) is 20.3. The summed E-state index contributed by atoms with van der Waals surface area (Å²) >= 11 is 0. The van der Waals surface area contributed by atoms with Gasteiger partial charge in [0.15, 0.2) is 0 Å². The summed E-state index contributed by atoms with van der Waals surface area (Å²) in [7, 11) is 10.3. The summed E-state index contributed by atoms with van der Waals surface area (Å²) in [5, 5.41) is 15.8. The number of rotatable bonds is 15. The van der Waals surface area contributed by atoms with E-state index in [-0.39, 0.29) is 35.8 Å². The highest BCUT2D eigenvalue weighted by atomic mass is 16.7. The molecule has 1 heterocycles. The fraction of sp³-hybridized carbons (Fsp3) is 0.711. The van der Waals surface area contributed by atoms with E-state index in [9.17, 15) is 9.90 Å². The van der Waals surface area contributed by atoms with Gasteiger partial charge in [-0.15, -0.1) is 0 Å². The Kier molecular flexibility index (Phi) is 13.0. The van der Waals surface area contributed by atoms with Crippen molar-refractivity contribution in [3.63, 3.8) is 0 Å². The van der Waals surface area contributed by atoms with Crippen LogP contribution in [0.5, 0.6) is 5.75 Å². The molecule has 0 unspecified atom stereocenters. The second kappa shape index (κ2) is 16.6. The van der Waals surface area contributed by atoms with Gasteiger partial charge in [-0.25, -0.2) is 0 Å². The smallest absolute Gasteiger partial charge is 0.240 e. The Bertz CT molecular complexity index is 1550. The number of anilines is 1. The molecular formula is C45H72N4O4. The number of nitrogens with zero attached hydrogens (tertiary/aromatic N) is 3. The van der Waals surface area contributed by atoms with Gasteiger partial charge in [0, 0.05) is 49.4 Å². The van der Waals surface area contributed by atoms with Gasteiger partial charge in [-0.1, -0.05) is 79.7 Å². The Labute approximate surface area is 321 Å². The zero-order valence-corrected chi connectivity index (χ0v) is 35.3. The van der Waals surface area contributed by atoms with Gasteiger partial charge < -0.3 is 25.0 Å². The van der Waals surface area contributed by atoms with Gasteiger partial charge in [0.2, 0.25) is 5.91 Å². The Morgan fingerprint density at radius 3 is 2.40 bits per heavy atom. The van der Waals surface area contributed by atoms with Crippen molar-refractivity contribution < 1.29 is 19.5 Å². The molecule has 8 atom stereocenters. The van der Waals surface area contributed by atoms with Gasteiger partial charge in [0.1, 0.15) is 17.9 Å². The van der Waals surface area contributed by atoms with E-state index in [2.05, 4.69) is 135 Å². The molecule has 6 rings (SSSR count). The number of benzene rings is 2. The van der Waals surface area contributed by atoms with E-state index in [0.717, 1.165) is 53.9 Å². The highest BCUT2D eigenvalue weighted by Gasteiger charge is 2.57. The third-order valence-corrected chi connectivity index (χ3v) is 13.1. The summed E-state index contributed by atoms with van der Waals surface area (Å²) in [5.41, 5.74) is 6.19. The number of fused-ring (bicyclic) bond motifs is 2. The maximum atomic E-state index is 14.4. The third-order valence-electron chi connectivity index (χ3n) is 13.1. The largest absolute Gasteiger partial charge is 0.496 e. The van der Waals surface area contributed by atoms with Crippen molar-refractivity contribution in [1.29, 1.82) is 0 Å². The Morgan fingerprint density at radius 2 is 1.83 bits per heavy atom. The quantitative estimate of drug-likeness (QED) is 0.193. The van der Waals surface area contributed by atoms with E-state index in [1.807, 2.05) is 5.06 Å². The fourth-order valence-corrected chi connectivity index (χ4v) is 10.3. The van der Waals surface area contributed by atoms with Crippen LogP contribution >= 0.6 is 0 Å². The molecule has 4 aliphatic rings. The lowest BCUT2D eigenvalue weighted by molar-refractivity contribution is -0.183. The van der Waals surface area contributed by atoms with Crippen LogP contribution in [0.15, 0.2) is 36.4 Å². The molecule has 0 radical (unpaired) electrons. The molecule has 53 heavy (non-hydrogen) atoms. The van der Waals surface area contributed by atoms with Gasteiger partial charge in [0.25, 0.3) is 0 Å². The molecule has 2 bridgehead atoms. The van der Waals surface area contributed by atoms with Crippen LogP contribution in [-0.4, -0.2) is 87.6 Å². The molecule has 8 heteroatoms. The number of aryl methyl sites for hydroxylation is 1. The van der Waals surface area contributed by atoms with Crippen LogP contribution in [0, 0.1) is 46.3 Å². The SMILES string of the molecule is COc1c(CN2O[C@@H](CO)[C@H](C(C)C)[C@H]2C(=O)N[C@H]2C[C@H]3C[C@@H]([C@@H]2C)C3(C)C)cccc1-c1cc(CC[C@H](CN(C)C)CC(C)(C)C)cc(N(C)C)c1. The third kappa shape index (κ3) is 9.25. The van der Waals surface area contributed by atoms with E-state index in [1.54, 1.807) is 7.11 Å². The minimum atomic E-state index is -0.522. The van der Waals surface area contributed by atoms with Gasteiger partial charge in [-0.3, -0.25) is 9.63 Å². The number of para-hydroxylation sites is 1. The second-order valence-electron chi connectivity index (χ2n) is 19.5. The molecule has 0 spiro atoms. The second-order valence-corrected chi connectivity index (χ2v) is 19.5. The van der Waals surface area contributed by atoms with Gasteiger partial charge >= 0.3 is 0 Å². The molecule has 2 N–H and O–H groups in total. The number of hydroxylamine groups is 2. The Balaban J connectivity index is 1.43. The minimum Gasteiger partial charge on any atom is -0.496 e. The molecule has 0 aromatic heterocycles. The van der Waals surface area contributed by atoms with Crippen molar-refractivity contribution >= 4 is 11.6 Å². The summed E-state index contributed by atoms with van der Waals surface area (Å²) in [5.74, 6) is 3.11. The number of nitrogens with one attached hydrogen (secondary N) is 1. The molecule has 296 valence electrons. The summed E-state index contributed by atoms with van der Waals surface area (Å²) < 4.78 is 6.22. The number of hydrogen-bond donors (Lipinski definition) is 2. The number of aliphatic hydroxyl groups is 1. The van der Waals surface area contributed by atoms with Crippen LogP contribution in [0.2, 0.25) is 0 Å². The first kappa shape index (κ1) is 41.5. The van der Waals surface area contributed by atoms with Crippen LogP contribution in [0.1, 0.15) is 92.2 Å². The Hall–Kier alpha value is -2.65. The summed E-state index contributed by atoms with van der Waals surface area (Å²) in [4.78, 5) is 25.4. The molecule has 1 amide bonds. The van der Waals surface area contributed by atoms with Crippen LogP contribution in [0.4, 0.5) is 5.69 Å². The number of hydrogen-bond acceptors (Lipinski definition) is 7. The number of carbonyl (C=O) groups is 1. The molecular weight excluding hydrogens is 661 g/mol. The molecule has 2 aromatic carbocycles. The number of aliphatic hydroxyl groups excluding tert-OH is 1. The lowest BCUT2D eigenvalue weighted by atomic mass is 9.45. The molecule has 8 nitrogen and oxygen atoms in total. The first-order chi connectivity index (χ1) is 24.8.